The van der Waals surface area contributed by atoms with Crippen LogP contribution >= 0.6 is 0 Å². The van der Waals surface area contributed by atoms with Crippen LogP contribution in [0.25, 0.3) is 5.57 Å². The van der Waals surface area contributed by atoms with Gasteiger partial charge >= 0.3 is 5.97 Å². The summed E-state index contributed by atoms with van der Waals surface area (Å²) in [6, 6.07) is 5.53. The van der Waals surface area contributed by atoms with Crippen molar-refractivity contribution in [2.24, 2.45) is 5.92 Å². The normalized spacial score (nSPS) is 11.6. The van der Waals surface area contributed by atoms with Gasteiger partial charge in [0.25, 0.3) is 0 Å². The van der Waals surface area contributed by atoms with Crippen molar-refractivity contribution in [2.75, 3.05) is 20.8 Å². The summed E-state index contributed by atoms with van der Waals surface area (Å²) >= 11 is 0. The summed E-state index contributed by atoms with van der Waals surface area (Å²) < 4.78 is 15.5. The number of methoxy groups -OCH3 is 2. The molecule has 0 spiro atoms. The van der Waals surface area contributed by atoms with E-state index in [1.807, 2.05) is 19.1 Å². The van der Waals surface area contributed by atoms with Crippen molar-refractivity contribution < 1.29 is 19.0 Å². The van der Waals surface area contributed by atoms with Crippen LogP contribution in [0.5, 0.6) is 11.5 Å². The Kier molecular flexibility index (Phi) is 6.10. The zero-order chi connectivity index (χ0) is 15.1. The minimum Gasteiger partial charge on any atom is -0.497 e. The summed E-state index contributed by atoms with van der Waals surface area (Å²) in [6.45, 7) is 8.06. The molecule has 0 aromatic heterocycles. The molecule has 0 aliphatic carbocycles. The highest BCUT2D eigenvalue weighted by Crippen LogP contribution is 2.32. The zero-order valence-electron chi connectivity index (χ0n) is 12.6. The second kappa shape index (κ2) is 7.58. The number of benzene rings is 1. The molecular formula is C16H22O4. The van der Waals surface area contributed by atoms with Gasteiger partial charge < -0.3 is 14.2 Å². The molecule has 4 heteroatoms. The molecule has 0 saturated carbocycles. The standard InChI is InChI=1S/C16H22O4/c1-6-20-16(17)12(3)9-11(2)14-8-7-13(18-4)10-15(14)19-5/h7-8,10,12H,2,6,9H2,1,3-5H3. The van der Waals surface area contributed by atoms with Gasteiger partial charge in [-0.2, -0.15) is 0 Å². The highest BCUT2D eigenvalue weighted by molar-refractivity contribution is 5.77. The van der Waals surface area contributed by atoms with Gasteiger partial charge in [-0.05, 0) is 31.1 Å². The number of hydrogen-bond acceptors (Lipinski definition) is 4. The first-order chi connectivity index (χ1) is 9.53. The van der Waals surface area contributed by atoms with Gasteiger partial charge in [0.05, 0.1) is 26.7 Å². The van der Waals surface area contributed by atoms with E-state index >= 15 is 0 Å². The third-order valence-corrected chi connectivity index (χ3v) is 3.03. The maximum absolute atomic E-state index is 11.7. The van der Waals surface area contributed by atoms with E-state index < -0.39 is 0 Å². The molecule has 4 nitrogen and oxygen atoms in total. The quantitative estimate of drug-likeness (QED) is 0.718. The molecule has 110 valence electrons. The van der Waals surface area contributed by atoms with Crippen molar-refractivity contribution in [3.63, 3.8) is 0 Å². The first-order valence-electron chi connectivity index (χ1n) is 6.60. The summed E-state index contributed by atoms with van der Waals surface area (Å²) in [4.78, 5) is 11.7. The lowest BCUT2D eigenvalue weighted by Crippen LogP contribution is -2.15. The van der Waals surface area contributed by atoms with Crippen LogP contribution in [-0.2, 0) is 9.53 Å². The van der Waals surface area contributed by atoms with Gasteiger partial charge in [0.15, 0.2) is 0 Å². The third-order valence-electron chi connectivity index (χ3n) is 3.03. The largest absolute Gasteiger partial charge is 0.497 e. The third kappa shape index (κ3) is 4.02. The fraction of sp³-hybridized carbons (Fsp3) is 0.438. The maximum Gasteiger partial charge on any atom is 0.308 e. The molecule has 0 radical (unpaired) electrons. The molecule has 0 fully saturated rings. The lowest BCUT2D eigenvalue weighted by Gasteiger charge is -2.15. The van der Waals surface area contributed by atoms with Crippen molar-refractivity contribution in [3.05, 3.63) is 30.3 Å². The van der Waals surface area contributed by atoms with Crippen LogP contribution in [0.1, 0.15) is 25.8 Å². The van der Waals surface area contributed by atoms with Gasteiger partial charge in [-0.15, -0.1) is 0 Å². The average Bonchev–Trinajstić information content (AvgIpc) is 2.46. The second-order valence-electron chi connectivity index (χ2n) is 4.53. The molecule has 0 aliphatic rings. The molecule has 1 rings (SSSR count). The fourth-order valence-electron chi connectivity index (χ4n) is 1.94. The van der Waals surface area contributed by atoms with Crippen LogP contribution in [-0.4, -0.2) is 26.8 Å². The predicted octanol–water partition coefficient (Wildman–Crippen LogP) is 3.31. The van der Waals surface area contributed by atoms with Crippen molar-refractivity contribution in [1.29, 1.82) is 0 Å². The molecule has 0 saturated heterocycles. The summed E-state index contributed by atoms with van der Waals surface area (Å²) in [5.41, 5.74) is 1.72. The van der Waals surface area contributed by atoms with E-state index in [9.17, 15) is 4.79 Å². The first kappa shape index (κ1) is 16.1. The minimum atomic E-state index is -0.228. The van der Waals surface area contributed by atoms with E-state index in [1.54, 1.807) is 27.2 Å². The molecule has 1 aromatic carbocycles. The van der Waals surface area contributed by atoms with E-state index in [2.05, 4.69) is 6.58 Å². The van der Waals surface area contributed by atoms with E-state index in [1.165, 1.54) is 0 Å². The van der Waals surface area contributed by atoms with Crippen molar-refractivity contribution in [2.45, 2.75) is 20.3 Å². The maximum atomic E-state index is 11.7. The van der Waals surface area contributed by atoms with E-state index in [4.69, 9.17) is 14.2 Å². The highest BCUT2D eigenvalue weighted by atomic mass is 16.5. The smallest absolute Gasteiger partial charge is 0.308 e. The van der Waals surface area contributed by atoms with Gasteiger partial charge in [0.1, 0.15) is 11.5 Å². The van der Waals surface area contributed by atoms with Gasteiger partial charge in [-0.1, -0.05) is 13.5 Å². The Morgan fingerprint density at radius 2 is 2.00 bits per heavy atom. The Labute approximate surface area is 120 Å². The van der Waals surface area contributed by atoms with Gasteiger partial charge in [0, 0.05) is 11.6 Å². The molecular weight excluding hydrogens is 256 g/mol. The first-order valence-corrected chi connectivity index (χ1v) is 6.60. The molecule has 1 aromatic rings. The van der Waals surface area contributed by atoms with Crippen molar-refractivity contribution in [3.8, 4) is 11.5 Å². The predicted molar refractivity (Wildman–Crippen MR) is 79.0 cm³/mol. The molecule has 0 bridgehead atoms. The second-order valence-corrected chi connectivity index (χ2v) is 4.53. The van der Waals surface area contributed by atoms with Crippen LogP contribution < -0.4 is 9.47 Å². The SMILES string of the molecule is C=C(CC(C)C(=O)OCC)c1ccc(OC)cc1OC. The zero-order valence-corrected chi connectivity index (χ0v) is 12.6. The summed E-state index contributed by atoms with van der Waals surface area (Å²) in [5, 5.41) is 0. The van der Waals surface area contributed by atoms with Crippen molar-refractivity contribution in [1.82, 2.24) is 0 Å². The molecule has 0 aliphatic heterocycles. The Morgan fingerprint density at radius 3 is 2.55 bits per heavy atom. The van der Waals surface area contributed by atoms with Gasteiger partial charge in [-0.25, -0.2) is 0 Å². The number of rotatable bonds is 7. The Morgan fingerprint density at radius 1 is 1.30 bits per heavy atom. The number of hydrogen-bond donors (Lipinski definition) is 0. The van der Waals surface area contributed by atoms with E-state index in [-0.39, 0.29) is 11.9 Å². The summed E-state index contributed by atoms with van der Waals surface area (Å²) in [7, 11) is 3.20. The molecule has 0 amide bonds. The monoisotopic (exact) mass is 278 g/mol. The van der Waals surface area contributed by atoms with Crippen LogP contribution in [0.2, 0.25) is 0 Å². The lowest BCUT2D eigenvalue weighted by atomic mass is 9.96. The van der Waals surface area contributed by atoms with Crippen molar-refractivity contribution >= 4 is 11.5 Å². The number of esters is 1. The Balaban J connectivity index is 2.84. The van der Waals surface area contributed by atoms with Gasteiger partial charge in [0.2, 0.25) is 0 Å². The number of allylic oxidation sites excluding steroid dienone is 1. The van der Waals surface area contributed by atoms with E-state index in [0.29, 0.717) is 18.8 Å². The summed E-state index contributed by atoms with van der Waals surface area (Å²) in [6.07, 6.45) is 0.529. The van der Waals surface area contributed by atoms with Crippen LogP contribution in [0, 0.1) is 5.92 Å². The fourth-order valence-corrected chi connectivity index (χ4v) is 1.94. The highest BCUT2D eigenvalue weighted by Gasteiger charge is 2.17. The summed E-state index contributed by atoms with van der Waals surface area (Å²) in [5.74, 6) is 0.970. The van der Waals surface area contributed by atoms with Gasteiger partial charge in [-0.3, -0.25) is 4.79 Å². The Bertz CT molecular complexity index is 479. The average molecular weight is 278 g/mol. The number of carbonyl (C=O) groups excluding carboxylic acids is 1. The molecule has 20 heavy (non-hydrogen) atoms. The number of ether oxygens (including phenoxy) is 3. The van der Waals surface area contributed by atoms with Crippen LogP contribution in [0.3, 0.4) is 0 Å². The topological polar surface area (TPSA) is 44.8 Å². The van der Waals surface area contributed by atoms with Crippen LogP contribution in [0.4, 0.5) is 0 Å². The molecule has 1 atom stereocenters. The number of carbonyl (C=O) groups is 1. The lowest BCUT2D eigenvalue weighted by molar-refractivity contribution is -0.147. The molecule has 1 unspecified atom stereocenters. The molecule has 0 heterocycles. The molecule has 0 N–H and O–H groups in total. The minimum absolute atomic E-state index is 0.207. The van der Waals surface area contributed by atoms with E-state index in [0.717, 1.165) is 16.9 Å². The van der Waals surface area contributed by atoms with Crippen LogP contribution in [0.15, 0.2) is 24.8 Å². The Hall–Kier alpha value is -1.97.